The molecule has 0 spiro atoms. The average Bonchev–Trinajstić information content (AvgIpc) is 3.24. The lowest BCUT2D eigenvalue weighted by Gasteiger charge is -2.37. The Morgan fingerprint density at radius 2 is 1.60 bits per heavy atom. The number of para-hydroxylation sites is 3. The van der Waals surface area contributed by atoms with Gasteiger partial charge in [-0.15, -0.1) is 0 Å². The smallest absolute Gasteiger partial charge is 0.223 e. The Morgan fingerprint density at radius 3 is 2.37 bits per heavy atom. The van der Waals surface area contributed by atoms with Gasteiger partial charge in [0.05, 0.1) is 12.8 Å². The Bertz CT molecular complexity index is 1340. The zero-order valence-corrected chi connectivity index (χ0v) is 20.2. The fourth-order valence-electron chi connectivity index (χ4n) is 5.20. The molecule has 1 amide bonds. The number of ether oxygens (including phenoxy) is 1. The number of hydrogen-bond donors (Lipinski definition) is 0. The highest BCUT2D eigenvalue weighted by molar-refractivity contribution is 5.87. The van der Waals surface area contributed by atoms with Crippen LogP contribution in [0, 0.1) is 5.82 Å². The summed E-state index contributed by atoms with van der Waals surface area (Å²) < 4.78 is 22.1. The summed E-state index contributed by atoms with van der Waals surface area (Å²) in [7, 11) is 3.71. The van der Waals surface area contributed by atoms with Crippen molar-refractivity contribution in [2.75, 3.05) is 38.2 Å². The first-order valence-electron chi connectivity index (χ1n) is 12.0. The molecule has 1 aliphatic rings. The fraction of sp³-hybridized carbons (Fsp3) is 0.276. The molecule has 0 N–H and O–H groups in total. The average molecular weight is 472 g/mol. The lowest BCUT2D eigenvalue weighted by Crippen LogP contribution is -2.49. The van der Waals surface area contributed by atoms with E-state index in [1.54, 1.807) is 19.2 Å². The number of aromatic nitrogens is 1. The number of hydrogen-bond acceptors (Lipinski definition) is 3. The molecule has 1 aromatic heterocycles. The molecule has 180 valence electrons. The first-order chi connectivity index (χ1) is 17.1. The Kier molecular flexibility index (Phi) is 6.45. The quantitative estimate of drug-likeness (QED) is 0.388. The fourth-order valence-corrected chi connectivity index (χ4v) is 5.20. The van der Waals surface area contributed by atoms with Crippen LogP contribution in [-0.4, -0.2) is 48.7 Å². The van der Waals surface area contributed by atoms with Crippen LogP contribution in [0.2, 0.25) is 0 Å². The predicted molar refractivity (Wildman–Crippen MR) is 138 cm³/mol. The molecule has 35 heavy (non-hydrogen) atoms. The molecule has 5 rings (SSSR count). The van der Waals surface area contributed by atoms with E-state index < -0.39 is 0 Å². The number of halogens is 1. The van der Waals surface area contributed by atoms with Crippen molar-refractivity contribution in [3.05, 3.63) is 95.9 Å². The van der Waals surface area contributed by atoms with Gasteiger partial charge in [-0.2, -0.15) is 0 Å². The molecule has 4 aromatic rings. The van der Waals surface area contributed by atoms with Crippen LogP contribution in [0.15, 0.2) is 79.0 Å². The van der Waals surface area contributed by atoms with Crippen molar-refractivity contribution in [1.29, 1.82) is 0 Å². The third-order valence-corrected chi connectivity index (χ3v) is 7.02. The Labute approximate surface area is 205 Å². The van der Waals surface area contributed by atoms with E-state index >= 15 is 0 Å². The summed E-state index contributed by atoms with van der Waals surface area (Å²) in [5.41, 5.74) is 3.85. The van der Waals surface area contributed by atoms with Gasteiger partial charge in [0.1, 0.15) is 11.6 Å². The summed E-state index contributed by atoms with van der Waals surface area (Å²) in [4.78, 5) is 17.5. The lowest BCUT2D eigenvalue weighted by molar-refractivity contribution is -0.131. The summed E-state index contributed by atoms with van der Waals surface area (Å²) >= 11 is 0. The molecule has 5 nitrogen and oxygen atoms in total. The molecule has 3 aromatic carbocycles. The van der Waals surface area contributed by atoms with Gasteiger partial charge in [-0.05, 0) is 29.8 Å². The van der Waals surface area contributed by atoms with Crippen molar-refractivity contribution in [1.82, 2.24) is 9.47 Å². The van der Waals surface area contributed by atoms with Crippen molar-refractivity contribution < 1.29 is 13.9 Å². The number of piperazine rings is 1. The molecular weight excluding hydrogens is 441 g/mol. The van der Waals surface area contributed by atoms with Gasteiger partial charge in [-0.25, -0.2) is 4.39 Å². The molecule has 1 fully saturated rings. The molecule has 0 bridgehead atoms. The predicted octanol–water partition coefficient (Wildman–Crippen LogP) is 5.20. The van der Waals surface area contributed by atoms with Crippen molar-refractivity contribution >= 4 is 22.5 Å². The van der Waals surface area contributed by atoms with Crippen molar-refractivity contribution in [3.8, 4) is 5.75 Å². The zero-order chi connectivity index (χ0) is 24.4. The minimum absolute atomic E-state index is 0.0991. The standard InChI is InChI=1S/C29H30FN3O2/c1-31-20-24(21-9-3-6-12-26(21)31)23(22-10-4-8-14-28(22)35-2)19-29(34)33-17-15-32(16-18-33)27-13-7-5-11-25(27)30/h3-14,20,23H,15-19H2,1-2H3. The van der Waals surface area contributed by atoms with Gasteiger partial charge in [0.15, 0.2) is 0 Å². The molecule has 1 unspecified atom stereocenters. The number of aryl methyl sites for hydroxylation is 1. The second kappa shape index (κ2) is 9.82. The van der Waals surface area contributed by atoms with Gasteiger partial charge in [-0.1, -0.05) is 48.5 Å². The van der Waals surface area contributed by atoms with Gasteiger partial charge in [0, 0.05) is 68.2 Å². The minimum Gasteiger partial charge on any atom is -0.496 e. The second-order valence-electron chi connectivity index (χ2n) is 9.03. The summed E-state index contributed by atoms with van der Waals surface area (Å²) in [6, 6.07) is 23.0. The maximum absolute atomic E-state index is 14.2. The monoisotopic (exact) mass is 471 g/mol. The van der Waals surface area contributed by atoms with Crippen molar-refractivity contribution in [3.63, 3.8) is 0 Å². The van der Waals surface area contributed by atoms with Crippen LogP contribution in [0.3, 0.4) is 0 Å². The third kappa shape index (κ3) is 4.48. The van der Waals surface area contributed by atoms with E-state index in [4.69, 9.17) is 4.74 Å². The van der Waals surface area contributed by atoms with Gasteiger partial charge in [0.2, 0.25) is 5.91 Å². The summed E-state index contributed by atoms with van der Waals surface area (Å²) in [5, 5.41) is 1.14. The number of methoxy groups -OCH3 is 1. The van der Waals surface area contributed by atoms with Crippen LogP contribution >= 0.6 is 0 Å². The van der Waals surface area contributed by atoms with E-state index in [0.29, 0.717) is 38.3 Å². The number of anilines is 1. The van der Waals surface area contributed by atoms with Crippen LogP contribution < -0.4 is 9.64 Å². The molecule has 1 saturated heterocycles. The van der Waals surface area contributed by atoms with Crippen LogP contribution in [0.4, 0.5) is 10.1 Å². The van der Waals surface area contributed by atoms with Crippen LogP contribution in [0.1, 0.15) is 23.5 Å². The van der Waals surface area contributed by atoms with Gasteiger partial charge < -0.3 is 19.1 Å². The highest BCUT2D eigenvalue weighted by Gasteiger charge is 2.29. The van der Waals surface area contributed by atoms with Crippen molar-refractivity contribution in [2.24, 2.45) is 7.05 Å². The largest absolute Gasteiger partial charge is 0.496 e. The van der Waals surface area contributed by atoms with Crippen LogP contribution in [0.25, 0.3) is 10.9 Å². The summed E-state index contributed by atoms with van der Waals surface area (Å²) in [6.07, 6.45) is 2.47. The molecule has 0 saturated carbocycles. The first-order valence-corrected chi connectivity index (χ1v) is 12.0. The van der Waals surface area contributed by atoms with Gasteiger partial charge in [0.25, 0.3) is 0 Å². The summed E-state index contributed by atoms with van der Waals surface area (Å²) in [5.74, 6) is 0.512. The van der Waals surface area contributed by atoms with E-state index in [2.05, 4.69) is 29.0 Å². The molecule has 0 radical (unpaired) electrons. The Balaban J connectivity index is 1.41. The number of nitrogens with zero attached hydrogens (tertiary/aromatic N) is 3. The zero-order valence-electron chi connectivity index (χ0n) is 20.2. The molecule has 1 atom stereocenters. The lowest BCUT2D eigenvalue weighted by atomic mass is 9.87. The normalized spacial score (nSPS) is 14.8. The molecule has 1 aliphatic heterocycles. The number of carbonyl (C=O) groups excluding carboxylic acids is 1. The number of fused-ring (bicyclic) bond motifs is 1. The van der Waals surface area contributed by atoms with Gasteiger partial charge >= 0.3 is 0 Å². The van der Waals surface area contributed by atoms with Crippen LogP contribution in [0.5, 0.6) is 5.75 Å². The van der Waals surface area contributed by atoms with Crippen molar-refractivity contribution in [2.45, 2.75) is 12.3 Å². The van der Waals surface area contributed by atoms with E-state index in [1.165, 1.54) is 6.07 Å². The highest BCUT2D eigenvalue weighted by atomic mass is 19.1. The van der Waals surface area contributed by atoms with E-state index in [9.17, 15) is 9.18 Å². The molecule has 2 heterocycles. The first kappa shape index (κ1) is 23.0. The minimum atomic E-state index is -0.223. The number of carbonyl (C=O) groups is 1. The van der Waals surface area contributed by atoms with Gasteiger partial charge in [-0.3, -0.25) is 4.79 Å². The maximum atomic E-state index is 14.2. The Hall–Kier alpha value is -3.80. The van der Waals surface area contributed by atoms with E-state index in [-0.39, 0.29) is 17.6 Å². The number of rotatable bonds is 6. The highest BCUT2D eigenvalue weighted by Crippen LogP contribution is 2.39. The SMILES string of the molecule is COc1ccccc1C(CC(=O)N1CCN(c2ccccc2F)CC1)c1cn(C)c2ccccc12. The Morgan fingerprint density at radius 1 is 0.914 bits per heavy atom. The van der Waals surface area contributed by atoms with E-state index in [0.717, 1.165) is 27.8 Å². The topological polar surface area (TPSA) is 37.7 Å². The van der Waals surface area contributed by atoms with Crippen LogP contribution in [-0.2, 0) is 11.8 Å². The second-order valence-corrected chi connectivity index (χ2v) is 9.03. The molecule has 0 aliphatic carbocycles. The molecular formula is C29H30FN3O2. The number of benzene rings is 3. The third-order valence-electron chi connectivity index (χ3n) is 7.02. The summed E-state index contributed by atoms with van der Waals surface area (Å²) in [6.45, 7) is 2.36. The number of amides is 1. The maximum Gasteiger partial charge on any atom is 0.223 e. The van der Waals surface area contributed by atoms with E-state index in [1.807, 2.05) is 53.2 Å². The molecule has 6 heteroatoms.